The second-order valence-corrected chi connectivity index (χ2v) is 6.30. The highest BCUT2D eigenvalue weighted by Gasteiger charge is 2.13. The average Bonchev–Trinajstić information content (AvgIpc) is 2.93. The van der Waals surface area contributed by atoms with E-state index in [9.17, 15) is 4.79 Å². The highest BCUT2D eigenvalue weighted by Crippen LogP contribution is 2.22. The summed E-state index contributed by atoms with van der Waals surface area (Å²) >= 11 is 0. The summed E-state index contributed by atoms with van der Waals surface area (Å²) in [6.45, 7) is 8.55. The first kappa shape index (κ1) is 19.6. The molecule has 8 nitrogen and oxygen atoms in total. The fourth-order valence-electron chi connectivity index (χ4n) is 2.38. The number of rotatable bonds is 10. The van der Waals surface area contributed by atoms with Gasteiger partial charge in [0, 0.05) is 25.3 Å². The number of hydrogen-bond acceptors (Lipinski definition) is 6. The predicted octanol–water partition coefficient (Wildman–Crippen LogP) is 1.38. The third-order valence-corrected chi connectivity index (χ3v) is 4.03. The molecule has 0 bridgehead atoms. The van der Waals surface area contributed by atoms with E-state index in [4.69, 9.17) is 15.6 Å². The molecule has 0 aromatic carbocycles. The van der Waals surface area contributed by atoms with E-state index in [0.29, 0.717) is 36.5 Å². The van der Waals surface area contributed by atoms with Gasteiger partial charge in [-0.2, -0.15) is 4.98 Å². The predicted molar refractivity (Wildman–Crippen MR) is 103 cm³/mol. The molecule has 2 aromatic heterocycles. The minimum absolute atomic E-state index is 0.112. The molecule has 0 radical (unpaired) electrons. The second kappa shape index (κ2) is 9.10. The van der Waals surface area contributed by atoms with Gasteiger partial charge in [0.2, 0.25) is 5.88 Å². The van der Waals surface area contributed by atoms with Crippen molar-refractivity contribution >= 4 is 16.9 Å². The van der Waals surface area contributed by atoms with E-state index in [2.05, 4.69) is 21.9 Å². The fraction of sp³-hybridized carbons (Fsp3) is 0.444. The fourth-order valence-corrected chi connectivity index (χ4v) is 2.38. The first-order valence-corrected chi connectivity index (χ1v) is 8.62. The van der Waals surface area contributed by atoms with Gasteiger partial charge in [-0.05, 0) is 31.5 Å². The summed E-state index contributed by atoms with van der Waals surface area (Å²) in [5.74, 6) is 0.758. The summed E-state index contributed by atoms with van der Waals surface area (Å²) in [7, 11) is 0. The van der Waals surface area contributed by atoms with Crippen molar-refractivity contribution in [2.45, 2.75) is 32.9 Å². The molecule has 8 heteroatoms. The summed E-state index contributed by atoms with van der Waals surface area (Å²) in [5.41, 5.74) is 6.82. The molecule has 0 saturated carbocycles. The van der Waals surface area contributed by atoms with Crippen LogP contribution < -0.4 is 21.5 Å². The maximum absolute atomic E-state index is 12.2. The maximum atomic E-state index is 12.2. The largest absolute Gasteiger partial charge is 0.477 e. The van der Waals surface area contributed by atoms with Crippen LogP contribution in [0.25, 0.3) is 11.0 Å². The number of aliphatic hydroxyl groups excluding tert-OH is 1. The standard InChI is InChI=1S/C18H27N5O3/c1-4-13(3)20-7-5-8-23-14-10-15(26-11-12(2)6-9-24)21-17(19)16(14)22-18(23)25/h4-5,7,10,12-13,20,24H,1,6,8-9,11H2,2-3H3,(H2,19,21)(H,22,25)/b7-5+. The van der Waals surface area contributed by atoms with E-state index in [-0.39, 0.29) is 30.1 Å². The molecule has 142 valence electrons. The van der Waals surface area contributed by atoms with E-state index >= 15 is 0 Å². The molecule has 2 heterocycles. The van der Waals surface area contributed by atoms with Crippen LogP contribution in [-0.4, -0.2) is 38.9 Å². The number of aromatic nitrogens is 3. The molecule has 2 aromatic rings. The molecule has 2 unspecified atom stereocenters. The summed E-state index contributed by atoms with van der Waals surface area (Å²) in [6, 6.07) is 1.84. The lowest BCUT2D eigenvalue weighted by molar-refractivity contribution is 0.204. The van der Waals surface area contributed by atoms with Gasteiger partial charge in [0.15, 0.2) is 5.82 Å². The van der Waals surface area contributed by atoms with E-state index in [1.807, 2.05) is 19.9 Å². The van der Waals surface area contributed by atoms with Crippen LogP contribution in [-0.2, 0) is 6.54 Å². The van der Waals surface area contributed by atoms with Gasteiger partial charge in [-0.15, -0.1) is 6.58 Å². The zero-order valence-corrected chi connectivity index (χ0v) is 15.2. The minimum atomic E-state index is -0.263. The normalized spacial score (nSPS) is 13.8. The number of ether oxygens (including phenoxy) is 1. The van der Waals surface area contributed by atoms with Gasteiger partial charge in [0.05, 0.1) is 12.1 Å². The Morgan fingerprint density at radius 3 is 3.00 bits per heavy atom. The maximum Gasteiger partial charge on any atom is 0.326 e. The van der Waals surface area contributed by atoms with Gasteiger partial charge in [0.25, 0.3) is 0 Å². The Morgan fingerprint density at radius 1 is 1.54 bits per heavy atom. The Kier molecular flexibility index (Phi) is 6.85. The van der Waals surface area contributed by atoms with Crippen molar-refractivity contribution in [2.75, 3.05) is 18.9 Å². The average molecular weight is 361 g/mol. The molecule has 0 saturated heterocycles. The summed E-state index contributed by atoms with van der Waals surface area (Å²) in [6.07, 6.45) is 6.06. The van der Waals surface area contributed by atoms with Crippen molar-refractivity contribution in [1.29, 1.82) is 0 Å². The van der Waals surface area contributed by atoms with Crippen LogP contribution >= 0.6 is 0 Å². The lowest BCUT2D eigenvalue weighted by atomic mass is 10.1. The molecule has 0 aliphatic carbocycles. The highest BCUT2D eigenvalue weighted by atomic mass is 16.5. The molecule has 2 rings (SSSR count). The summed E-state index contributed by atoms with van der Waals surface area (Å²) in [5, 5.41) is 12.1. The smallest absolute Gasteiger partial charge is 0.326 e. The van der Waals surface area contributed by atoms with Gasteiger partial charge in [-0.1, -0.05) is 13.0 Å². The molecular weight excluding hydrogens is 334 g/mol. The van der Waals surface area contributed by atoms with Crippen LogP contribution in [0.4, 0.5) is 5.82 Å². The first-order chi connectivity index (χ1) is 12.5. The van der Waals surface area contributed by atoms with Crippen molar-refractivity contribution in [3.63, 3.8) is 0 Å². The number of aliphatic hydroxyl groups is 1. The molecule has 26 heavy (non-hydrogen) atoms. The Morgan fingerprint density at radius 2 is 2.31 bits per heavy atom. The van der Waals surface area contributed by atoms with Crippen LogP contribution in [0.1, 0.15) is 20.3 Å². The third-order valence-electron chi connectivity index (χ3n) is 4.03. The van der Waals surface area contributed by atoms with Crippen molar-refractivity contribution in [1.82, 2.24) is 19.9 Å². The van der Waals surface area contributed by atoms with Gasteiger partial charge in [-0.25, -0.2) is 4.79 Å². The Balaban J connectivity index is 2.20. The zero-order valence-electron chi connectivity index (χ0n) is 15.2. The molecular formula is C18H27N5O3. The number of nitrogen functional groups attached to an aromatic ring is 1. The summed E-state index contributed by atoms with van der Waals surface area (Å²) in [4.78, 5) is 19.1. The first-order valence-electron chi connectivity index (χ1n) is 8.62. The number of hydrogen-bond donors (Lipinski definition) is 4. The van der Waals surface area contributed by atoms with E-state index in [1.54, 1.807) is 22.9 Å². The molecule has 0 amide bonds. The number of pyridine rings is 1. The third kappa shape index (κ3) is 4.89. The second-order valence-electron chi connectivity index (χ2n) is 6.30. The Bertz CT molecular complexity index is 824. The topological polar surface area (TPSA) is 118 Å². The molecule has 0 aliphatic heterocycles. The number of anilines is 1. The van der Waals surface area contributed by atoms with Crippen LogP contribution in [0.2, 0.25) is 0 Å². The van der Waals surface area contributed by atoms with E-state index in [1.165, 1.54) is 0 Å². The lowest BCUT2D eigenvalue weighted by Gasteiger charge is -2.12. The molecule has 0 aliphatic rings. The van der Waals surface area contributed by atoms with Crippen LogP contribution in [0, 0.1) is 5.92 Å². The van der Waals surface area contributed by atoms with Gasteiger partial charge in [-0.3, -0.25) is 4.57 Å². The number of allylic oxidation sites excluding steroid dienone is 1. The number of aromatic amines is 1. The number of nitrogens with two attached hydrogens (primary N) is 1. The van der Waals surface area contributed by atoms with E-state index in [0.717, 1.165) is 0 Å². The molecule has 5 N–H and O–H groups in total. The molecule has 0 fully saturated rings. The number of imidazole rings is 1. The van der Waals surface area contributed by atoms with Gasteiger partial charge in [0.1, 0.15) is 5.52 Å². The lowest BCUT2D eigenvalue weighted by Crippen LogP contribution is -2.18. The number of fused-ring (bicyclic) bond motifs is 1. The minimum Gasteiger partial charge on any atom is -0.477 e. The monoisotopic (exact) mass is 361 g/mol. The Hall–Kier alpha value is -2.74. The van der Waals surface area contributed by atoms with E-state index < -0.39 is 0 Å². The summed E-state index contributed by atoms with van der Waals surface area (Å²) < 4.78 is 7.24. The number of nitrogens with one attached hydrogen (secondary N) is 2. The zero-order chi connectivity index (χ0) is 19.1. The van der Waals surface area contributed by atoms with Crippen molar-refractivity contribution < 1.29 is 9.84 Å². The van der Waals surface area contributed by atoms with Crippen LogP contribution in [0.3, 0.4) is 0 Å². The van der Waals surface area contributed by atoms with Crippen molar-refractivity contribution in [2.24, 2.45) is 5.92 Å². The van der Waals surface area contributed by atoms with Gasteiger partial charge < -0.3 is 25.9 Å². The Labute approximate surface area is 152 Å². The quantitative estimate of drug-likeness (QED) is 0.475. The molecule has 0 spiro atoms. The highest BCUT2D eigenvalue weighted by molar-refractivity contribution is 5.85. The SMILES string of the molecule is C=CC(C)N/C=C/Cn1c(=O)[nH]c2c(N)nc(OCC(C)CCO)cc21. The van der Waals surface area contributed by atoms with Crippen molar-refractivity contribution in [3.05, 3.63) is 41.5 Å². The molecule has 2 atom stereocenters. The number of nitrogens with zero attached hydrogens (tertiary/aromatic N) is 2. The number of H-pyrrole nitrogens is 1. The van der Waals surface area contributed by atoms with Crippen LogP contribution in [0.15, 0.2) is 35.8 Å². The van der Waals surface area contributed by atoms with Crippen LogP contribution in [0.5, 0.6) is 5.88 Å². The van der Waals surface area contributed by atoms with Gasteiger partial charge >= 0.3 is 5.69 Å². The van der Waals surface area contributed by atoms with Crippen molar-refractivity contribution in [3.8, 4) is 5.88 Å².